The minimum absolute atomic E-state index is 0.272. The van der Waals surface area contributed by atoms with Crippen LogP contribution >= 0.6 is 0 Å². The van der Waals surface area contributed by atoms with Gasteiger partial charge in [-0.15, -0.1) is 0 Å². The zero-order valence-corrected chi connectivity index (χ0v) is 11.4. The highest BCUT2D eigenvalue weighted by Crippen LogP contribution is 2.07. The normalized spacial score (nSPS) is 10.3. The van der Waals surface area contributed by atoms with Crippen molar-refractivity contribution in [3.63, 3.8) is 0 Å². The van der Waals surface area contributed by atoms with Gasteiger partial charge in [-0.2, -0.15) is 4.98 Å². The summed E-state index contributed by atoms with van der Waals surface area (Å²) in [7, 11) is 0. The Hall–Kier alpha value is -2.47. The Morgan fingerprint density at radius 3 is 2.50 bits per heavy atom. The van der Waals surface area contributed by atoms with Crippen molar-refractivity contribution in [3.8, 4) is 0 Å². The number of nitrogens with zero attached hydrogens (tertiary/aromatic N) is 2. The SMILES string of the molecule is Cc1cc(C)n(Cc2ccc(C(=O)NN)cc2)c(=O)n1. The average molecular weight is 272 g/mol. The molecule has 104 valence electrons. The van der Waals surface area contributed by atoms with Gasteiger partial charge in [0.15, 0.2) is 0 Å². The molecule has 1 heterocycles. The predicted molar refractivity (Wildman–Crippen MR) is 75.2 cm³/mol. The van der Waals surface area contributed by atoms with Gasteiger partial charge in [-0.05, 0) is 37.6 Å². The molecule has 1 aromatic carbocycles. The van der Waals surface area contributed by atoms with E-state index >= 15 is 0 Å². The monoisotopic (exact) mass is 272 g/mol. The van der Waals surface area contributed by atoms with E-state index < -0.39 is 0 Å². The molecule has 3 N–H and O–H groups in total. The Morgan fingerprint density at radius 2 is 1.95 bits per heavy atom. The van der Waals surface area contributed by atoms with Crippen molar-refractivity contribution in [2.24, 2.45) is 5.84 Å². The standard InChI is InChI=1S/C14H16N4O2/c1-9-7-10(2)18(14(20)16-9)8-11-3-5-12(6-4-11)13(19)17-15/h3-7H,8,15H2,1-2H3,(H,17,19). The first-order valence-electron chi connectivity index (χ1n) is 6.16. The van der Waals surface area contributed by atoms with E-state index in [0.29, 0.717) is 17.8 Å². The van der Waals surface area contributed by atoms with Crippen LogP contribution < -0.4 is 17.0 Å². The highest BCUT2D eigenvalue weighted by molar-refractivity contribution is 5.93. The van der Waals surface area contributed by atoms with Crippen LogP contribution in [0.15, 0.2) is 35.1 Å². The van der Waals surface area contributed by atoms with Crippen molar-refractivity contribution in [1.29, 1.82) is 0 Å². The van der Waals surface area contributed by atoms with Crippen LogP contribution in [-0.4, -0.2) is 15.5 Å². The summed E-state index contributed by atoms with van der Waals surface area (Å²) in [5, 5.41) is 0. The molecular weight excluding hydrogens is 256 g/mol. The van der Waals surface area contributed by atoms with Gasteiger partial charge < -0.3 is 0 Å². The Balaban J connectivity index is 2.27. The first-order valence-corrected chi connectivity index (χ1v) is 6.16. The van der Waals surface area contributed by atoms with E-state index in [2.05, 4.69) is 10.4 Å². The smallest absolute Gasteiger partial charge is 0.292 e. The lowest BCUT2D eigenvalue weighted by atomic mass is 10.1. The maximum absolute atomic E-state index is 11.9. The highest BCUT2D eigenvalue weighted by Gasteiger charge is 2.06. The van der Waals surface area contributed by atoms with Gasteiger partial charge in [-0.3, -0.25) is 14.8 Å². The van der Waals surface area contributed by atoms with Crippen LogP contribution in [0.2, 0.25) is 0 Å². The summed E-state index contributed by atoms with van der Waals surface area (Å²) >= 11 is 0. The second kappa shape index (κ2) is 5.66. The first-order chi connectivity index (χ1) is 9.51. The number of carbonyl (C=O) groups is 1. The van der Waals surface area contributed by atoms with E-state index in [1.807, 2.05) is 13.0 Å². The minimum Gasteiger partial charge on any atom is -0.292 e. The average Bonchev–Trinajstić information content (AvgIpc) is 2.42. The van der Waals surface area contributed by atoms with Gasteiger partial charge in [0, 0.05) is 17.0 Å². The van der Waals surface area contributed by atoms with Crippen LogP contribution in [0.1, 0.15) is 27.3 Å². The molecule has 0 aliphatic rings. The lowest BCUT2D eigenvalue weighted by Gasteiger charge is -2.10. The van der Waals surface area contributed by atoms with E-state index in [-0.39, 0.29) is 11.6 Å². The number of rotatable bonds is 3. The van der Waals surface area contributed by atoms with Crippen LogP contribution in [0.3, 0.4) is 0 Å². The molecule has 20 heavy (non-hydrogen) atoms. The molecule has 2 aromatic rings. The van der Waals surface area contributed by atoms with Gasteiger partial charge in [0.1, 0.15) is 0 Å². The molecule has 6 heteroatoms. The van der Waals surface area contributed by atoms with Gasteiger partial charge in [-0.1, -0.05) is 12.1 Å². The third kappa shape index (κ3) is 2.92. The van der Waals surface area contributed by atoms with Crippen molar-refractivity contribution >= 4 is 5.91 Å². The van der Waals surface area contributed by atoms with Crippen LogP contribution in [0.4, 0.5) is 0 Å². The number of nitrogens with one attached hydrogen (secondary N) is 1. The summed E-state index contributed by atoms with van der Waals surface area (Å²) in [6.07, 6.45) is 0. The molecule has 0 saturated heterocycles. The Morgan fingerprint density at radius 1 is 1.30 bits per heavy atom. The first kappa shape index (κ1) is 14.0. The van der Waals surface area contributed by atoms with E-state index in [4.69, 9.17) is 5.84 Å². The number of hydrazine groups is 1. The minimum atomic E-state index is -0.345. The number of nitrogen functional groups attached to an aromatic ring is 1. The lowest BCUT2D eigenvalue weighted by molar-refractivity contribution is 0.0953. The molecule has 6 nitrogen and oxygen atoms in total. The summed E-state index contributed by atoms with van der Waals surface area (Å²) < 4.78 is 1.59. The maximum atomic E-state index is 11.9. The number of nitrogens with two attached hydrogens (primary N) is 1. The van der Waals surface area contributed by atoms with Gasteiger partial charge in [0.2, 0.25) is 0 Å². The molecule has 1 aromatic heterocycles. The number of amides is 1. The van der Waals surface area contributed by atoms with Crippen molar-refractivity contribution < 1.29 is 4.79 Å². The van der Waals surface area contributed by atoms with Crippen molar-refractivity contribution in [1.82, 2.24) is 15.0 Å². The lowest BCUT2D eigenvalue weighted by Crippen LogP contribution is -2.30. The fourth-order valence-electron chi connectivity index (χ4n) is 1.99. The fourth-order valence-corrected chi connectivity index (χ4v) is 1.99. The number of aromatic nitrogens is 2. The zero-order chi connectivity index (χ0) is 14.7. The molecule has 0 saturated carbocycles. The third-order valence-corrected chi connectivity index (χ3v) is 3.03. The number of aryl methyl sites for hydroxylation is 2. The van der Waals surface area contributed by atoms with E-state index in [9.17, 15) is 9.59 Å². The second-order valence-electron chi connectivity index (χ2n) is 4.58. The molecule has 0 unspecified atom stereocenters. The van der Waals surface area contributed by atoms with Gasteiger partial charge in [-0.25, -0.2) is 10.6 Å². The molecule has 2 rings (SSSR count). The van der Waals surface area contributed by atoms with Crippen LogP contribution in [0.5, 0.6) is 0 Å². The van der Waals surface area contributed by atoms with Crippen LogP contribution in [-0.2, 0) is 6.54 Å². The molecule has 0 aliphatic heterocycles. The maximum Gasteiger partial charge on any atom is 0.348 e. The van der Waals surface area contributed by atoms with E-state index in [1.165, 1.54) is 0 Å². The summed E-state index contributed by atoms with van der Waals surface area (Å²) in [5.41, 5.74) is 4.74. The molecule has 0 bridgehead atoms. The molecular formula is C14H16N4O2. The molecule has 0 fully saturated rings. The van der Waals surface area contributed by atoms with Crippen molar-refractivity contribution in [2.45, 2.75) is 20.4 Å². The largest absolute Gasteiger partial charge is 0.348 e. The molecule has 0 spiro atoms. The molecule has 0 radical (unpaired) electrons. The van der Waals surface area contributed by atoms with Gasteiger partial charge >= 0.3 is 5.69 Å². The second-order valence-corrected chi connectivity index (χ2v) is 4.58. The van der Waals surface area contributed by atoms with Crippen molar-refractivity contribution in [3.05, 3.63) is 63.3 Å². The topological polar surface area (TPSA) is 90.0 Å². The number of benzene rings is 1. The van der Waals surface area contributed by atoms with Crippen molar-refractivity contribution in [2.75, 3.05) is 0 Å². The molecule has 0 atom stereocenters. The summed E-state index contributed by atoms with van der Waals surface area (Å²) in [6, 6.07) is 8.77. The van der Waals surface area contributed by atoms with E-state index in [1.54, 1.807) is 35.8 Å². The number of hydrogen-bond acceptors (Lipinski definition) is 4. The van der Waals surface area contributed by atoms with Crippen LogP contribution in [0.25, 0.3) is 0 Å². The Kier molecular flexibility index (Phi) is 3.95. The zero-order valence-electron chi connectivity index (χ0n) is 11.4. The predicted octanol–water partition coefficient (Wildman–Crippen LogP) is 0.512. The van der Waals surface area contributed by atoms with Gasteiger partial charge in [0.25, 0.3) is 5.91 Å². The molecule has 1 amide bonds. The van der Waals surface area contributed by atoms with Crippen LogP contribution in [0, 0.1) is 13.8 Å². The number of hydrogen-bond donors (Lipinski definition) is 2. The van der Waals surface area contributed by atoms with Gasteiger partial charge in [0.05, 0.1) is 6.54 Å². The quantitative estimate of drug-likeness (QED) is 0.484. The number of carbonyl (C=O) groups excluding carboxylic acids is 1. The van der Waals surface area contributed by atoms with E-state index in [0.717, 1.165) is 11.3 Å². The summed E-state index contributed by atoms with van der Waals surface area (Å²) in [6.45, 7) is 4.08. The summed E-state index contributed by atoms with van der Waals surface area (Å²) in [5.74, 6) is 4.72. The third-order valence-electron chi connectivity index (χ3n) is 3.03. The fraction of sp³-hybridized carbons (Fsp3) is 0.214. The Labute approximate surface area is 116 Å². The Bertz CT molecular complexity index is 689. The highest BCUT2D eigenvalue weighted by atomic mass is 16.2. The summed E-state index contributed by atoms with van der Waals surface area (Å²) in [4.78, 5) is 27.1. The molecule has 0 aliphatic carbocycles.